The molecule has 0 bridgehead atoms. The van der Waals surface area contributed by atoms with Crippen molar-refractivity contribution < 1.29 is 9.59 Å². The zero-order valence-electron chi connectivity index (χ0n) is 14.9. The van der Waals surface area contributed by atoms with Gasteiger partial charge in [-0.1, -0.05) is 18.2 Å². The molecule has 7 nitrogen and oxygen atoms in total. The number of aromatic nitrogens is 2. The van der Waals surface area contributed by atoms with Gasteiger partial charge in [-0.05, 0) is 37.5 Å². The van der Waals surface area contributed by atoms with Gasteiger partial charge >= 0.3 is 0 Å². The number of para-hydroxylation sites is 1. The summed E-state index contributed by atoms with van der Waals surface area (Å²) in [4.78, 5) is 26.7. The maximum absolute atomic E-state index is 12.7. The fourth-order valence-electron chi connectivity index (χ4n) is 3.46. The maximum Gasteiger partial charge on any atom is 0.229 e. The minimum atomic E-state index is -0.574. The minimum absolute atomic E-state index is 0.155. The summed E-state index contributed by atoms with van der Waals surface area (Å²) in [6.07, 6.45) is 4.69. The van der Waals surface area contributed by atoms with Crippen molar-refractivity contribution in [2.24, 2.45) is 5.92 Å². The first-order valence-corrected chi connectivity index (χ1v) is 9.23. The second-order valence-electron chi connectivity index (χ2n) is 7.17. The lowest BCUT2D eigenvalue weighted by Gasteiger charge is -2.19. The molecule has 27 heavy (non-hydrogen) atoms. The van der Waals surface area contributed by atoms with Gasteiger partial charge in [-0.3, -0.25) is 14.3 Å². The predicted molar refractivity (Wildman–Crippen MR) is 98.5 cm³/mol. The van der Waals surface area contributed by atoms with Crippen molar-refractivity contribution in [3.8, 4) is 6.07 Å². The molecule has 0 spiro atoms. The largest absolute Gasteiger partial charge is 0.326 e. The summed E-state index contributed by atoms with van der Waals surface area (Å²) in [6, 6.07) is 13.1. The molecule has 2 aliphatic rings. The van der Waals surface area contributed by atoms with Crippen LogP contribution in [0.5, 0.6) is 0 Å². The van der Waals surface area contributed by atoms with Gasteiger partial charge in [0.2, 0.25) is 11.8 Å². The summed E-state index contributed by atoms with van der Waals surface area (Å²) >= 11 is 0. The van der Waals surface area contributed by atoms with Crippen molar-refractivity contribution in [2.45, 2.75) is 37.8 Å². The van der Waals surface area contributed by atoms with E-state index in [1.807, 2.05) is 47.3 Å². The lowest BCUT2D eigenvalue weighted by atomic mass is 10.1. The van der Waals surface area contributed by atoms with Gasteiger partial charge in [0.15, 0.2) is 0 Å². The molecule has 0 radical (unpaired) electrons. The third-order valence-electron chi connectivity index (χ3n) is 5.10. The van der Waals surface area contributed by atoms with E-state index in [0.717, 1.165) is 12.8 Å². The normalized spacial score (nSPS) is 21.7. The van der Waals surface area contributed by atoms with E-state index in [1.165, 1.54) is 4.90 Å². The number of likely N-dealkylation sites (tertiary alicyclic amines) is 1. The van der Waals surface area contributed by atoms with Gasteiger partial charge in [-0.15, -0.1) is 0 Å². The lowest BCUT2D eigenvalue weighted by Crippen LogP contribution is -2.36. The van der Waals surface area contributed by atoms with Gasteiger partial charge in [0.05, 0.1) is 30.1 Å². The van der Waals surface area contributed by atoms with E-state index in [-0.39, 0.29) is 30.7 Å². The van der Waals surface area contributed by atoms with Crippen molar-refractivity contribution >= 4 is 17.5 Å². The van der Waals surface area contributed by atoms with Crippen molar-refractivity contribution in [3.63, 3.8) is 0 Å². The summed E-state index contributed by atoms with van der Waals surface area (Å²) in [7, 11) is 0. The summed E-state index contributed by atoms with van der Waals surface area (Å²) in [5, 5.41) is 16.7. The number of anilines is 1. The number of hydrogen-bond acceptors (Lipinski definition) is 4. The molecule has 1 N–H and O–H groups in total. The first kappa shape index (κ1) is 17.3. The highest BCUT2D eigenvalue weighted by Crippen LogP contribution is 2.34. The number of carbonyl (C=O) groups excluding carboxylic acids is 2. The predicted octanol–water partition coefficient (Wildman–Crippen LogP) is 2.14. The second-order valence-corrected chi connectivity index (χ2v) is 7.17. The van der Waals surface area contributed by atoms with Crippen LogP contribution in [0.3, 0.4) is 0 Å². The quantitative estimate of drug-likeness (QED) is 0.881. The Morgan fingerprint density at radius 3 is 2.70 bits per heavy atom. The molecule has 7 heteroatoms. The van der Waals surface area contributed by atoms with Crippen LogP contribution in [-0.4, -0.2) is 39.1 Å². The van der Waals surface area contributed by atoms with Crippen LogP contribution in [0.25, 0.3) is 0 Å². The van der Waals surface area contributed by atoms with Gasteiger partial charge in [-0.2, -0.15) is 10.4 Å². The number of hydrogen-bond donors (Lipinski definition) is 1. The van der Waals surface area contributed by atoms with Crippen LogP contribution in [-0.2, 0) is 16.0 Å². The summed E-state index contributed by atoms with van der Waals surface area (Å²) < 4.78 is 1.91. The Bertz CT molecular complexity index is 881. The Hall–Kier alpha value is -3.14. The number of rotatable bonds is 5. The van der Waals surface area contributed by atoms with Gasteiger partial charge in [0.1, 0.15) is 6.04 Å². The molecular weight excluding hydrogens is 342 g/mol. The molecule has 2 aromatic rings. The highest BCUT2D eigenvalue weighted by atomic mass is 16.2. The van der Waals surface area contributed by atoms with E-state index < -0.39 is 6.04 Å². The Morgan fingerprint density at radius 1 is 1.22 bits per heavy atom. The first-order valence-electron chi connectivity index (χ1n) is 9.23. The van der Waals surface area contributed by atoms with Gasteiger partial charge in [0.25, 0.3) is 0 Å². The fraction of sp³-hybridized carbons (Fsp3) is 0.400. The summed E-state index contributed by atoms with van der Waals surface area (Å²) in [5.74, 6) is -0.699. The molecule has 1 saturated heterocycles. The Labute approximate surface area is 157 Å². The smallest absolute Gasteiger partial charge is 0.229 e. The highest BCUT2D eigenvalue weighted by Gasteiger charge is 2.39. The molecule has 1 saturated carbocycles. The molecule has 2 heterocycles. The van der Waals surface area contributed by atoms with Crippen LogP contribution in [0, 0.1) is 17.2 Å². The van der Waals surface area contributed by atoms with Crippen LogP contribution < -0.4 is 5.32 Å². The van der Waals surface area contributed by atoms with Crippen LogP contribution in [0.2, 0.25) is 0 Å². The van der Waals surface area contributed by atoms with E-state index in [2.05, 4.69) is 16.5 Å². The van der Waals surface area contributed by atoms with Crippen molar-refractivity contribution in [3.05, 3.63) is 48.3 Å². The first-order chi connectivity index (χ1) is 13.1. The van der Waals surface area contributed by atoms with Crippen LogP contribution in [0.15, 0.2) is 42.6 Å². The van der Waals surface area contributed by atoms with Gasteiger partial charge < -0.3 is 10.2 Å². The monoisotopic (exact) mass is 363 g/mol. The number of nitrogens with one attached hydrogen (secondary N) is 1. The fourth-order valence-corrected chi connectivity index (χ4v) is 3.46. The Kier molecular flexibility index (Phi) is 4.63. The zero-order chi connectivity index (χ0) is 18.8. The molecule has 2 unspecified atom stereocenters. The van der Waals surface area contributed by atoms with Gasteiger partial charge in [0, 0.05) is 18.4 Å². The van der Waals surface area contributed by atoms with Gasteiger partial charge in [-0.25, -0.2) is 0 Å². The molecule has 1 aliphatic heterocycles. The topological polar surface area (TPSA) is 91.0 Å². The van der Waals surface area contributed by atoms with Crippen LogP contribution in [0.4, 0.5) is 5.69 Å². The number of nitrogens with zero attached hydrogens (tertiary/aromatic N) is 4. The van der Waals surface area contributed by atoms with E-state index in [0.29, 0.717) is 23.8 Å². The second kappa shape index (κ2) is 7.23. The molecule has 2 atom stereocenters. The molecule has 1 aliphatic carbocycles. The van der Waals surface area contributed by atoms with Crippen LogP contribution >= 0.6 is 0 Å². The molecular formula is C20H21N5O2. The van der Waals surface area contributed by atoms with Crippen molar-refractivity contribution in [1.82, 2.24) is 14.7 Å². The average Bonchev–Trinajstić information content (AvgIpc) is 3.26. The molecule has 1 aromatic carbocycles. The number of carbonyl (C=O) groups is 2. The van der Waals surface area contributed by atoms with Crippen molar-refractivity contribution in [2.75, 3.05) is 11.9 Å². The lowest BCUT2D eigenvalue weighted by molar-refractivity contribution is -0.130. The number of benzene rings is 1. The summed E-state index contributed by atoms with van der Waals surface area (Å²) in [5.41, 5.74) is 1.42. The number of amides is 2. The van der Waals surface area contributed by atoms with E-state index in [9.17, 15) is 14.9 Å². The zero-order valence-corrected chi connectivity index (χ0v) is 14.9. The summed E-state index contributed by atoms with van der Waals surface area (Å²) in [6.45, 7) is 0.263. The minimum Gasteiger partial charge on any atom is -0.326 e. The van der Waals surface area contributed by atoms with E-state index in [4.69, 9.17) is 0 Å². The standard InChI is InChI=1S/C20H21N5O2/c21-12-18-10-14(20(27)22-15-4-2-1-3-5-15)13-24(18)19(26)11-16-8-9-25(23-16)17-6-7-17/h1-5,8-9,14,17-18H,6-7,10-11,13H2,(H,22,27). The van der Waals surface area contributed by atoms with E-state index in [1.54, 1.807) is 0 Å². The van der Waals surface area contributed by atoms with E-state index >= 15 is 0 Å². The molecule has 2 fully saturated rings. The SMILES string of the molecule is N#CC1CC(C(=O)Nc2ccccc2)CN1C(=O)Cc1ccn(C2CC2)n1. The van der Waals surface area contributed by atoms with Crippen molar-refractivity contribution in [1.29, 1.82) is 5.26 Å². The number of nitriles is 1. The molecule has 138 valence electrons. The third kappa shape index (κ3) is 3.85. The average molecular weight is 363 g/mol. The molecule has 4 rings (SSSR count). The highest BCUT2D eigenvalue weighted by molar-refractivity contribution is 5.93. The molecule has 2 amide bonds. The Balaban J connectivity index is 1.38. The molecule has 1 aromatic heterocycles. The van der Waals surface area contributed by atoms with Crippen LogP contribution in [0.1, 0.15) is 31.0 Å². The maximum atomic E-state index is 12.7. The Morgan fingerprint density at radius 2 is 2.00 bits per heavy atom. The third-order valence-corrected chi connectivity index (χ3v) is 5.10.